The summed E-state index contributed by atoms with van der Waals surface area (Å²) in [6.45, 7) is 4.73. The van der Waals surface area contributed by atoms with E-state index in [1.165, 1.54) is 5.56 Å². The van der Waals surface area contributed by atoms with Crippen LogP contribution in [-0.2, 0) is 0 Å². The Morgan fingerprint density at radius 1 is 0.642 bits per heavy atom. The summed E-state index contributed by atoms with van der Waals surface area (Å²) in [6.07, 6.45) is 9.51. The molecule has 4 aromatic carbocycles. The smallest absolute Gasteiger partial charge is 0.260 e. The Bertz CT molecular complexity index is 2220. The minimum Gasteiger partial charge on any atom is -0.497 e. The number of fused-ring (bicyclic) bond motifs is 4. The zero-order valence-corrected chi connectivity index (χ0v) is 30.2. The molecule has 2 amide bonds. The molecule has 4 aliphatic heterocycles. The van der Waals surface area contributed by atoms with Gasteiger partial charge in [-0.1, -0.05) is 42.0 Å². The summed E-state index contributed by atoms with van der Waals surface area (Å²) >= 11 is 0. The summed E-state index contributed by atoms with van der Waals surface area (Å²) in [4.78, 5) is 40.4. The van der Waals surface area contributed by atoms with Crippen LogP contribution in [0, 0.1) is 13.8 Å². The van der Waals surface area contributed by atoms with E-state index in [0.29, 0.717) is 72.2 Å². The van der Waals surface area contributed by atoms with Crippen molar-refractivity contribution < 1.29 is 28.5 Å². The SMILES string of the molecule is COc1ccc(C2=CN3C(=O)c4cc(C)c(OCCCOc5cc6c(cc5OC)C(=O)N5C=C(c7ccc(C)cc7)C[C@@H]5C=N6)cc4N=C[C@@H]3C2)cc1. The Hall–Kier alpha value is -6.16. The van der Waals surface area contributed by atoms with Gasteiger partial charge in [-0.25, -0.2) is 0 Å². The van der Waals surface area contributed by atoms with Crippen LogP contribution in [0.1, 0.15) is 62.2 Å². The number of carbonyl (C=O) groups is 2. The van der Waals surface area contributed by atoms with Gasteiger partial charge in [0.15, 0.2) is 11.5 Å². The molecule has 0 saturated heterocycles. The highest BCUT2D eigenvalue weighted by atomic mass is 16.5. The molecule has 4 aromatic rings. The lowest BCUT2D eigenvalue weighted by Gasteiger charge is -2.19. The number of nitrogens with zero attached hydrogens (tertiary/aromatic N) is 4. The first-order valence-electron chi connectivity index (χ1n) is 17.8. The number of aliphatic imine (C=N–C) groups is 2. The van der Waals surface area contributed by atoms with Gasteiger partial charge in [-0.05, 0) is 65.9 Å². The number of carbonyl (C=O) groups excluding carboxylic acids is 2. The molecule has 0 fully saturated rings. The molecule has 0 spiro atoms. The van der Waals surface area contributed by atoms with Crippen LogP contribution in [0.25, 0.3) is 11.1 Å². The van der Waals surface area contributed by atoms with Gasteiger partial charge in [-0.2, -0.15) is 0 Å². The van der Waals surface area contributed by atoms with Gasteiger partial charge in [0.2, 0.25) is 0 Å². The van der Waals surface area contributed by atoms with E-state index < -0.39 is 0 Å². The van der Waals surface area contributed by atoms with Crippen LogP contribution in [0.3, 0.4) is 0 Å². The van der Waals surface area contributed by atoms with Crippen LogP contribution in [0.15, 0.2) is 95.2 Å². The molecular weight excluding hydrogens is 668 g/mol. The van der Waals surface area contributed by atoms with E-state index in [9.17, 15) is 9.59 Å². The first-order chi connectivity index (χ1) is 25.8. The van der Waals surface area contributed by atoms with Crippen LogP contribution >= 0.6 is 0 Å². The Labute approximate surface area is 308 Å². The summed E-state index contributed by atoms with van der Waals surface area (Å²) in [6, 6.07) is 23.1. The number of ether oxygens (including phenoxy) is 4. The largest absolute Gasteiger partial charge is 0.497 e. The van der Waals surface area contributed by atoms with Crippen molar-refractivity contribution in [1.29, 1.82) is 0 Å². The number of hydrogen-bond donors (Lipinski definition) is 0. The van der Waals surface area contributed by atoms with E-state index in [1.807, 2.05) is 68.2 Å². The van der Waals surface area contributed by atoms with Crippen LogP contribution in [0.5, 0.6) is 23.0 Å². The molecule has 10 heteroatoms. The number of rotatable bonds is 10. The van der Waals surface area contributed by atoms with Crippen LogP contribution in [0.2, 0.25) is 0 Å². The highest BCUT2D eigenvalue weighted by molar-refractivity contribution is 6.06. The molecule has 268 valence electrons. The van der Waals surface area contributed by atoms with Crippen molar-refractivity contribution in [2.75, 3.05) is 27.4 Å². The molecule has 53 heavy (non-hydrogen) atoms. The molecule has 0 unspecified atom stereocenters. The van der Waals surface area contributed by atoms with Crippen LogP contribution < -0.4 is 18.9 Å². The van der Waals surface area contributed by atoms with Crippen molar-refractivity contribution in [2.45, 2.75) is 45.2 Å². The minimum atomic E-state index is -0.161. The fraction of sp³-hybridized carbons (Fsp3) is 0.256. The Morgan fingerprint density at radius 2 is 1.17 bits per heavy atom. The maximum absolute atomic E-state index is 13.7. The van der Waals surface area contributed by atoms with Gasteiger partial charge in [0.25, 0.3) is 11.8 Å². The average Bonchev–Trinajstić information content (AvgIpc) is 3.76. The molecule has 4 aliphatic rings. The minimum absolute atomic E-state index is 0.0846. The topological polar surface area (TPSA) is 102 Å². The Morgan fingerprint density at radius 3 is 1.74 bits per heavy atom. The summed E-state index contributed by atoms with van der Waals surface area (Å²) in [5, 5.41) is 0. The normalized spacial score (nSPS) is 18.3. The molecule has 0 bridgehead atoms. The highest BCUT2D eigenvalue weighted by Crippen LogP contribution is 2.41. The second-order valence-corrected chi connectivity index (χ2v) is 13.6. The molecule has 0 saturated carbocycles. The maximum atomic E-state index is 13.7. The van der Waals surface area contributed by atoms with Gasteiger partial charge in [0.1, 0.15) is 11.5 Å². The van der Waals surface area contributed by atoms with Gasteiger partial charge >= 0.3 is 0 Å². The summed E-state index contributed by atoms with van der Waals surface area (Å²) < 4.78 is 23.2. The number of amides is 2. The fourth-order valence-electron chi connectivity index (χ4n) is 7.15. The summed E-state index contributed by atoms with van der Waals surface area (Å²) in [7, 11) is 3.20. The van der Waals surface area contributed by atoms with Gasteiger partial charge < -0.3 is 28.7 Å². The molecule has 8 rings (SSSR count). The first kappa shape index (κ1) is 34.0. The van der Waals surface area contributed by atoms with Crippen molar-refractivity contribution in [3.8, 4) is 23.0 Å². The highest BCUT2D eigenvalue weighted by Gasteiger charge is 2.35. The van der Waals surface area contributed by atoms with Crippen molar-refractivity contribution in [3.05, 3.63) is 119 Å². The van der Waals surface area contributed by atoms with E-state index >= 15 is 0 Å². The van der Waals surface area contributed by atoms with Crippen molar-refractivity contribution in [1.82, 2.24) is 9.80 Å². The zero-order chi connectivity index (χ0) is 36.6. The summed E-state index contributed by atoms with van der Waals surface area (Å²) in [5.74, 6) is 2.22. The predicted molar refractivity (Wildman–Crippen MR) is 205 cm³/mol. The van der Waals surface area contributed by atoms with Crippen molar-refractivity contribution in [2.24, 2.45) is 9.98 Å². The first-order valence-corrected chi connectivity index (χ1v) is 17.8. The quantitative estimate of drug-likeness (QED) is 0.154. The maximum Gasteiger partial charge on any atom is 0.260 e. The molecule has 0 N–H and O–H groups in total. The van der Waals surface area contributed by atoms with Crippen LogP contribution in [-0.4, -0.2) is 73.6 Å². The number of hydrogen-bond acceptors (Lipinski definition) is 8. The second-order valence-electron chi connectivity index (χ2n) is 13.6. The lowest BCUT2D eigenvalue weighted by atomic mass is 10.0. The van der Waals surface area contributed by atoms with E-state index in [-0.39, 0.29) is 23.9 Å². The molecule has 0 aromatic heterocycles. The molecule has 10 nitrogen and oxygen atoms in total. The molecule has 4 heterocycles. The lowest BCUT2D eigenvalue weighted by Crippen LogP contribution is -2.32. The zero-order valence-electron chi connectivity index (χ0n) is 30.2. The van der Waals surface area contributed by atoms with Gasteiger partial charge in [0.05, 0.1) is 62.0 Å². The van der Waals surface area contributed by atoms with E-state index in [4.69, 9.17) is 28.9 Å². The lowest BCUT2D eigenvalue weighted by molar-refractivity contribution is 0.0809. The molecule has 2 atom stereocenters. The average molecular weight is 709 g/mol. The molecule has 0 radical (unpaired) electrons. The third-order valence-electron chi connectivity index (χ3n) is 10.1. The molecular formula is C43H40N4O6. The van der Waals surface area contributed by atoms with Crippen LogP contribution in [0.4, 0.5) is 11.4 Å². The van der Waals surface area contributed by atoms with E-state index in [2.05, 4.69) is 31.2 Å². The number of aryl methyl sites for hydroxylation is 2. The van der Waals surface area contributed by atoms with E-state index in [1.54, 1.807) is 36.2 Å². The fourth-order valence-corrected chi connectivity index (χ4v) is 7.15. The van der Waals surface area contributed by atoms with Gasteiger partial charge in [-0.3, -0.25) is 19.6 Å². The number of methoxy groups -OCH3 is 2. The monoisotopic (exact) mass is 708 g/mol. The Kier molecular flexibility index (Phi) is 9.04. The van der Waals surface area contributed by atoms with E-state index in [0.717, 1.165) is 33.6 Å². The number of benzene rings is 4. The standard InChI is InChI=1S/C43H40N4O6/c1-26-6-8-28(9-7-26)30-17-33-23-45-38-21-41(40(51-4)19-36(38)43(49)47(33)24-30)53-15-5-14-52-39-20-37-35(16-27(39)2)42(48)46-25-31(18-32(46)22-44-37)29-10-12-34(50-3)13-11-29/h6-13,16,19-25,32-33H,5,14-15,17-18H2,1-4H3/t32-,33+/m0/s1. The van der Waals surface area contributed by atoms with Crippen molar-refractivity contribution >= 4 is 46.8 Å². The van der Waals surface area contributed by atoms with Gasteiger partial charge in [-0.15, -0.1) is 0 Å². The molecule has 0 aliphatic carbocycles. The predicted octanol–water partition coefficient (Wildman–Crippen LogP) is 8.11. The Balaban J connectivity index is 0.896. The third-order valence-corrected chi connectivity index (χ3v) is 10.1. The second kappa shape index (κ2) is 14.1. The van der Waals surface area contributed by atoms with Crippen molar-refractivity contribution in [3.63, 3.8) is 0 Å². The summed E-state index contributed by atoms with van der Waals surface area (Å²) in [5.41, 5.74) is 8.53. The van der Waals surface area contributed by atoms with Gasteiger partial charge in [0, 0.05) is 56.2 Å². The third kappa shape index (κ3) is 6.57.